The first-order valence-corrected chi connectivity index (χ1v) is 7.90. The van der Waals surface area contributed by atoms with Crippen LogP contribution in [0.2, 0.25) is 0 Å². The quantitative estimate of drug-likeness (QED) is 0.793. The van der Waals surface area contributed by atoms with Crippen molar-refractivity contribution in [3.63, 3.8) is 0 Å². The zero-order chi connectivity index (χ0) is 12.8. The van der Waals surface area contributed by atoms with E-state index in [4.69, 9.17) is 0 Å². The fourth-order valence-corrected chi connectivity index (χ4v) is 3.04. The minimum absolute atomic E-state index is 0.0825. The molecule has 18 heavy (non-hydrogen) atoms. The third kappa shape index (κ3) is 4.26. The number of hydrogen-bond acceptors (Lipinski definition) is 1. The molecule has 0 radical (unpaired) electrons. The molecule has 1 aromatic rings. The minimum atomic E-state index is 0.0825. The summed E-state index contributed by atoms with van der Waals surface area (Å²) in [5, 5.41) is 3.19. The van der Waals surface area contributed by atoms with Crippen molar-refractivity contribution in [3.05, 3.63) is 33.4 Å². The zero-order valence-electron chi connectivity index (χ0n) is 10.6. The molecular weight excluding hydrogens is 337 g/mol. The number of amides is 1. The monoisotopic (exact) mass is 357 g/mol. The van der Waals surface area contributed by atoms with E-state index in [0.29, 0.717) is 6.04 Å². The second kappa shape index (κ2) is 7.12. The van der Waals surface area contributed by atoms with Crippen molar-refractivity contribution in [2.24, 2.45) is 0 Å². The molecule has 0 bridgehead atoms. The average Bonchev–Trinajstić information content (AvgIpc) is 2.32. The first-order chi connectivity index (χ1) is 8.75. The Kier molecular flexibility index (Phi) is 5.47. The number of benzene rings is 1. The average molecular weight is 357 g/mol. The topological polar surface area (TPSA) is 29.1 Å². The van der Waals surface area contributed by atoms with Gasteiger partial charge in [-0.1, -0.05) is 38.2 Å². The van der Waals surface area contributed by atoms with Crippen molar-refractivity contribution >= 4 is 28.5 Å². The Balaban J connectivity index is 1.93. The maximum atomic E-state index is 12.1. The highest BCUT2D eigenvalue weighted by Gasteiger charge is 2.15. The molecule has 1 amide bonds. The largest absolute Gasteiger partial charge is 0.349 e. The molecule has 1 aliphatic rings. The Morgan fingerprint density at radius 3 is 2.44 bits per heavy atom. The van der Waals surface area contributed by atoms with E-state index in [1.807, 2.05) is 24.3 Å². The summed E-state index contributed by atoms with van der Waals surface area (Å²) in [4.78, 5) is 12.1. The molecular formula is C15H20INO. The summed E-state index contributed by atoms with van der Waals surface area (Å²) < 4.78 is 1.11. The third-order valence-electron chi connectivity index (χ3n) is 3.53. The number of nitrogens with one attached hydrogen (secondary N) is 1. The van der Waals surface area contributed by atoms with Crippen LogP contribution in [0.15, 0.2) is 24.3 Å². The van der Waals surface area contributed by atoms with Crippen molar-refractivity contribution in [1.29, 1.82) is 0 Å². The zero-order valence-corrected chi connectivity index (χ0v) is 12.8. The van der Waals surface area contributed by atoms with Crippen molar-refractivity contribution in [2.45, 2.75) is 51.0 Å². The van der Waals surface area contributed by atoms with Gasteiger partial charge in [0.25, 0.3) is 5.91 Å². The lowest BCUT2D eigenvalue weighted by Gasteiger charge is -2.21. The Labute approximate surface area is 123 Å². The van der Waals surface area contributed by atoms with Gasteiger partial charge in [0.1, 0.15) is 0 Å². The smallest absolute Gasteiger partial charge is 0.251 e. The van der Waals surface area contributed by atoms with Crippen LogP contribution in [-0.2, 0) is 0 Å². The second-order valence-corrected chi connectivity index (χ2v) is 6.27. The third-order valence-corrected chi connectivity index (χ3v) is 4.20. The fourth-order valence-electron chi connectivity index (χ4n) is 2.50. The predicted molar refractivity (Wildman–Crippen MR) is 82.7 cm³/mol. The van der Waals surface area contributed by atoms with E-state index in [2.05, 4.69) is 27.9 Å². The van der Waals surface area contributed by atoms with Crippen molar-refractivity contribution in [2.75, 3.05) is 0 Å². The van der Waals surface area contributed by atoms with E-state index in [9.17, 15) is 4.79 Å². The minimum Gasteiger partial charge on any atom is -0.349 e. The molecule has 0 saturated heterocycles. The summed E-state index contributed by atoms with van der Waals surface area (Å²) in [6.45, 7) is 0. The molecule has 0 aliphatic heterocycles. The lowest BCUT2D eigenvalue weighted by atomic mass is 9.96. The van der Waals surface area contributed by atoms with Gasteiger partial charge in [0.05, 0.1) is 0 Å². The van der Waals surface area contributed by atoms with Crippen LogP contribution >= 0.6 is 22.6 Å². The molecule has 3 heteroatoms. The van der Waals surface area contributed by atoms with Gasteiger partial charge in [-0.2, -0.15) is 0 Å². The van der Waals surface area contributed by atoms with Gasteiger partial charge in [-0.3, -0.25) is 4.79 Å². The fraction of sp³-hybridized carbons (Fsp3) is 0.533. The van der Waals surface area contributed by atoms with Gasteiger partial charge in [0.2, 0.25) is 0 Å². The van der Waals surface area contributed by atoms with E-state index >= 15 is 0 Å². The maximum absolute atomic E-state index is 12.1. The summed E-state index contributed by atoms with van der Waals surface area (Å²) in [5.41, 5.74) is 0.781. The van der Waals surface area contributed by atoms with Crippen LogP contribution in [0.25, 0.3) is 0 Å². The van der Waals surface area contributed by atoms with Gasteiger partial charge in [0.15, 0.2) is 0 Å². The Morgan fingerprint density at radius 1 is 1.11 bits per heavy atom. The van der Waals surface area contributed by atoms with Crippen LogP contribution in [0.4, 0.5) is 0 Å². The number of rotatable bonds is 2. The van der Waals surface area contributed by atoms with Crippen LogP contribution in [0.1, 0.15) is 55.3 Å². The summed E-state index contributed by atoms with van der Waals surface area (Å²) in [6, 6.07) is 8.15. The summed E-state index contributed by atoms with van der Waals surface area (Å²) >= 11 is 2.24. The lowest BCUT2D eigenvalue weighted by molar-refractivity contribution is 0.0930. The van der Waals surface area contributed by atoms with Crippen molar-refractivity contribution < 1.29 is 4.79 Å². The summed E-state index contributed by atoms with van der Waals surface area (Å²) in [7, 11) is 0. The highest BCUT2D eigenvalue weighted by molar-refractivity contribution is 14.1. The lowest BCUT2D eigenvalue weighted by Crippen LogP contribution is -2.35. The van der Waals surface area contributed by atoms with Crippen LogP contribution in [0.5, 0.6) is 0 Å². The molecule has 0 spiro atoms. The van der Waals surface area contributed by atoms with Crippen LogP contribution in [0, 0.1) is 3.57 Å². The Morgan fingerprint density at radius 2 is 1.78 bits per heavy atom. The van der Waals surface area contributed by atoms with Crippen molar-refractivity contribution in [3.8, 4) is 0 Å². The molecule has 0 aromatic heterocycles. The van der Waals surface area contributed by atoms with E-state index in [-0.39, 0.29) is 5.91 Å². The Bertz CT molecular complexity index is 397. The second-order valence-electron chi connectivity index (χ2n) is 5.03. The maximum Gasteiger partial charge on any atom is 0.251 e. The van der Waals surface area contributed by atoms with Gasteiger partial charge >= 0.3 is 0 Å². The molecule has 0 heterocycles. The van der Waals surface area contributed by atoms with E-state index in [1.54, 1.807) is 0 Å². The van der Waals surface area contributed by atoms with E-state index < -0.39 is 0 Å². The molecule has 0 unspecified atom stereocenters. The summed E-state index contributed by atoms with van der Waals surface area (Å²) in [6.07, 6.45) is 8.75. The summed E-state index contributed by atoms with van der Waals surface area (Å²) in [5.74, 6) is 0.0825. The first-order valence-electron chi connectivity index (χ1n) is 6.82. The molecule has 1 aliphatic carbocycles. The molecule has 98 valence electrons. The van der Waals surface area contributed by atoms with Crippen molar-refractivity contribution in [1.82, 2.24) is 5.32 Å². The number of hydrogen-bond donors (Lipinski definition) is 1. The standard InChI is InChI=1S/C15H20INO/c16-13-8-6-7-12(11-13)15(18)17-14-9-4-2-1-3-5-10-14/h6-8,11,14H,1-5,9-10H2,(H,17,18). The normalized spacial score (nSPS) is 17.8. The Hall–Kier alpha value is -0.580. The van der Waals surface area contributed by atoms with Gasteiger partial charge in [-0.15, -0.1) is 0 Å². The molecule has 1 fully saturated rings. The number of halogens is 1. The molecule has 0 atom stereocenters. The highest BCUT2D eigenvalue weighted by Crippen LogP contribution is 2.17. The van der Waals surface area contributed by atoms with Crippen LogP contribution < -0.4 is 5.32 Å². The highest BCUT2D eigenvalue weighted by atomic mass is 127. The van der Waals surface area contributed by atoms with Gasteiger partial charge < -0.3 is 5.32 Å². The van der Waals surface area contributed by atoms with Gasteiger partial charge in [-0.05, 0) is 53.6 Å². The van der Waals surface area contributed by atoms with Gasteiger partial charge in [-0.25, -0.2) is 0 Å². The number of carbonyl (C=O) groups excluding carboxylic acids is 1. The molecule has 2 nitrogen and oxygen atoms in total. The first kappa shape index (κ1) is 13.8. The predicted octanol–water partition coefficient (Wildman–Crippen LogP) is 4.13. The SMILES string of the molecule is O=C(NC1CCCCCCC1)c1cccc(I)c1. The van der Waals surface area contributed by atoms with Gasteiger partial charge in [0, 0.05) is 15.2 Å². The van der Waals surface area contributed by atoms with Crippen LogP contribution in [-0.4, -0.2) is 11.9 Å². The molecule has 1 N–H and O–H groups in total. The molecule has 1 aromatic carbocycles. The molecule has 2 rings (SSSR count). The van der Waals surface area contributed by atoms with E-state index in [1.165, 1.54) is 32.1 Å². The molecule has 1 saturated carbocycles. The van der Waals surface area contributed by atoms with E-state index in [0.717, 1.165) is 22.0 Å². The number of carbonyl (C=O) groups is 1. The van der Waals surface area contributed by atoms with Crippen LogP contribution in [0.3, 0.4) is 0 Å².